The first kappa shape index (κ1) is 17.8. The molecule has 0 aliphatic heterocycles. The summed E-state index contributed by atoms with van der Waals surface area (Å²) in [6, 6.07) is 6.69. The van der Waals surface area contributed by atoms with E-state index >= 15 is 0 Å². The van der Waals surface area contributed by atoms with Crippen LogP contribution >= 0.6 is 35.3 Å². The molecule has 0 amide bonds. The van der Waals surface area contributed by atoms with Gasteiger partial charge in [0.15, 0.2) is 11.5 Å². The minimum Gasteiger partial charge on any atom is -0.460 e. The van der Waals surface area contributed by atoms with Crippen molar-refractivity contribution in [2.45, 2.75) is 0 Å². The molecule has 0 aliphatic rings. The maximum atomic E-state index is 11.6. The third-order valence-corrected chi connectivity index (χ3v) is 4.76. The van der Waals surface area contributed by atoms with E-state index < -0.39 is 0 Å². The molecule has 120 valence electrons. The summed E-state index contributed by atoms with van der Waals surface area (Å²) in [6.07, 6.45) is 6.78. The third kappa shape index (κ3) is 6.60. The molecule has 0 unspecified atom stereocenters. The quantitative estimate of drug-likeness (QED) is 0.645. The Morgan fingerprint density at radius 2 is 1.35 bits per heavy atom. The summed E-state index contributed by atoms with van der Waals surface area (Å²) in [6.45, 7) is 0. The Bertz CT molecular complexity index is 599. The van der Waals surface area contributed by atoms with Crippen molar-refractivity contribution in [3.8, 4) is 0 Å². The lowest BCUT2D eigenvalue weighted by Gasteiger charge is -1.93. The van der Waals surface area contributed by atoms with Gasteiger partial charge in [0.25, 0.3) is 10.2 Å². The molecule has 0 spiro atoms. The molecule has 0 saturated carbocycles. The number of thioether (sulfide) groups is 3. The van der Waals surface area contributed by atoms with Gasteiger partial charge in [-0.2, -0.15) is 0 Å². The second kappa shape index (κ2) is 10.3. The van der Waals surface area contributed by atoms with Crippen LogP contribution in [0.4, 0.5) is 0 Å². The lowest BCUT2D eigenvalue weighted by molar-refractivity contribution is 0.105. The van der Waals surface area contributed by atoms with Gasteiger partial charge in [-0.3, -0.25) is 9.59 Å². The molecule has 0 bridgehead atoms. The van der Waals surface area contributed by atoms with Gasteiger partial charge in [-0.1, -0.05) is 35.7 Å². The molecule has 7 heteroatoms. The third-order valence-electron chi connectivity index (χ3n) is 2.42. The Hall–Kier alpha value is -1.57. The van der Waals surface area contributed by atoms with Crippen LogP contribution in [0.1, 0.15) is 21.1 Å². The molecular formula is C16H14O4S3. The van der Waals surface area contributed by atoms with Crippen LogP contribution in [0.25, 0.3) is 0 Å². The van der Waals surface area contributed by atoms with Gasteiger partial charge in [-0.25, -0.2) is 0 Å². The van der Waals surface area contributed by atoms with Gasteiger partial charge in [-0.15, -0.1) is 11.8 Å². The standard InChI is InChI=1S/C16H14O4S3/c17-15(13-5-1-7-19-13)22-11-3-9-21-10-4-12-23-16(18)14-6-2-8-20-14/h1-10H,11-12H2/b9-3+,10-4+. The zero-order valence-corrected chi connectivity index (χ0v) is 14.5. The van der Waals surface area contributed by atoms with Crippen molar-refractivity contribution in [2.75, 3.05) is 11.5 Å². The van der Waals surface area contributed by atoms with E-state index in [0.717, 1.165) is 0 Å². The number of carbonyl (C=O) groups is 2. The van der Waals surface area contributed by atoms with Crippen molar-refractivity contribution in [1.29, 1.82) is 0 Å². The maximum absolute atomic E-state index is 11.6. The Balaban J connectivity index is 1.54. The van der Waals surface area contributed by atoms with E-state index in [1.807, 2.05) is 23.0 Å². The lowest BCUT2D eigenvalue weighted by atomic mass is 10.5. The number of rotatable bonds is 8. The summed E-state index contributed by atoms with van der Waals surface area (Å²) in [4.78, 5) is 23.2. The average molecular weight is 366 g/mol. The predicted octanol–water partition coefficient (Wildman–Crippen LogP) is 5.08. The fourth-order valence-electron chi connectivity index (χ4n) is 1.41. The molecular weight excluding hydrogens is 352 g/mol. The summed E-state index contributed by atoms with van der Waals surface area (Å²) < 4.78 is 10.0. The van der Waals surface area contributed by atoms with E-state index in [0.29, 0.717) is 23.0 Å². The van der Waals surface area contributed by atoms with Crippen LogP contribution in [-0.4, -0.2) is 21.7 Å². The summed E-state index contributed by atoms with van der Waals surface area (Å²) in [7, 11) is 0. The number of carbonyl (C=O) groups excluding carboxylic acids is 2. The van der Waals surface area contributed by atoms with Gasteiger partial charge in [0.2, 0.25) is 0 Å². The van der Waals surface area contributed by atoms with Crippen LogP contribution in [0, 0.1) is 0 Å². The minimum atomic E-state index is -0.0759. The monoisotopic (exact) mass is 366 g/mol. The zero-order valence-electron chi connectivity index (χ0n) is 12.0. The minimum absolute atomic E-state index is 0.0759. The average Bonchev–Trinajstić information content (AvgIpc) is 3.25. The maximum Gasteiger partial charge on any atom is 0.254 e. The molecule has 0 fully saturated rings. The smallest absolute Gasteiger partial charge is 0.254 e. The Kier molecular flexibility index (Phi) is 7.92. The first-order valence-electron chi connectivity index (χ1n) is 6.64. The highest BCUT2D eigenvalue weighted by molar-refractivity contribution is 8.14. The second-order valence-corrected chi connectivity index (χ2v) is 6.83. The van der Waals surface area contributed by atoms with Crippen LogP contribution in [0.2, 0.25) is 0 Å². The van der Waals surface area contributed by atoms with Gasteiger partial charge in [0, 0.05) is 11.5 Å². The molecule has 0 saturated heterocycles. The molecule has 0 aliphatic carbocycles. The number of hydrogen-bond donors (Lipinski definition) is 0. The molecule has 4 nitrogen and oxygen atoms in total. The SMILES string of the molecule is O=C(SC/C=C/S/C=C/CSC(=O)c1ccco1)c1ccco1. The van der Waals surface area contributed by atoms with Crippen molar-refractivity contribution in [3.05, 3.63) is 71.3 Å². The number of hydrogen-bond acceptors (Lipinski definition) is 7. The molecule has 2 aromatic rings. The van der Waals surface area contributed by atoms with E-state index in [9.17, 15) is 9.59 Å². The molecule has 2 rings (SSSR count). The van der Waals surface area contributed by atoms with Crippen LogP contribution in [0.15, 0.2) is 68.6 Å². The summed E-state index contributed by atoms with van der Waals surface area (Å²) in [5.74, 6) is 1.92. The molecule has 0 radical (unpaired) electrons. The van der Waals surface area contributed by atoms with Crippen LogP contribution in [0.5, 0.6) is 0 Å². The van der Waals surface area contributed by atoms with E-state index in [1.165, 1.54) is 47.8 Å². The van der Waals surface area contributed by atoms with Crippen molar-refractivity contribution in [3.63, 3.8) is 0 Å². The normalized spacial score (nSPS) is 11.5. The summed E-state index contributed by atoms with van der Waals surface area (Å²) >= 11 is 3.87. The largest absolute Gasteiger partial charge is 0.460 e. The zero-order chi connectivity index (χ0) is 16.3. The Labute approximate surface area is 146 Å². The highest BCUT2D eigenvalue weighted by Gasteiger charge is 2.08. The molecule has 2 aromatic heterocycles. The molecule has 23 heavy (non-hydrogen) atoms. The Morgan fingerprint density at radius 1 is 0.870 bits per heavy atom. The summed E-state index contributed by atoms with van der Waals surface area (Å²) in [5, 5.41) is 3.65. The van der Waals surface area contributed by atoms with Gasteiger partial charge in [0.1, 0.15) is 0 Å². The van der Waals surface area contributed by atoms with E-state index in [1.54, 1.807) is 24.3 Å². The second-order valence-electron chi connectivity index (χ2n) is 4.03. The highest BCUT2D eigenvalue weighted by Crippen LogP contribution is 2.15. The highest BCUT2D eigenvalue weighted by atomic mass is 32.2. The van der Waals surface area contributed by atoms with Gasteiger partial charge < -0.3 is 8.83 Å². The fourth-order valence-corrected chi connectivity index (χ4v) is 3.37. The molecule has 0 N–H and O–H groups in total. The van der Waals surface area contributed by atoms with Crippen LogP contribution < -0.4 is 0 Å². The van der Waals surface area contributed by atoms with E-state index in [-0.39, 0.29) is 10.2 Å². The van der Waals surface area contributed by atoms with E-state index in [4.69, 9.17) is 8.83 Å². The van der Waals surface area contributed by atoms with Gasteiger partial charge in [0.05, 0.1) is 12.5 Å². The van der Waals surface area contributed by atoms with Crippen molar-refractivity contribution in [2.24, 2.45) is 0 Å². The van der Waals surface area contributed by atoms with E-state index in [2.05, 4.69) is 0 Å². The molecule has 0 aromatic carbocycles. The van der Waals surface area contributed by atoms with Gasteiger partial charge >= 0.3 is 0 Å². The fraction of sp³-hybridized carbons (Fsp3) is 0.125. The van der Waals surface area contributed by atoms with Crippen molar-refractivity contribution in [1.82, 2.24) is 0 Å². The molecule has 2 heterocycles. The van der Waals surface area contributed by atoms with Gasteiger partial charge in [-0.05, 0) is 35.1 Å². The Morgan fingerprint density at radius 3 is 1.74 bits per heavy atom. The van der Waals surface area contributed by atoms with Crippen LogP contribution in [-0.2, 0) is 0 Å². The first-order chi connectivity index (χ1) is 11.3. The predicted molar refractivity (Wildman–Crippen MR) is 96.9 cm³/mol. The first-order valence-corrected chi connectivity index (χ1v) is 9.55. The number of furan rings is 2. The lowest BCUT2D eigenvalue weighted by Crippen LogP contribution is -1.90. The molecule has 0 atom stereocenters. The van der Waals surface area contributed by atoms with Crippen LogP contribution in [0.3, 0.4) is 0 Å². The van der Waals surface area contributed by atoms with Crippen molar-refractivity contribution < 1.29 is 18.4 Å². The van der Waals surface area contributed by atoms with Crippen molar-refractivity contribution >= 4 is 45.5 Å². The topological polar surface area (TPSA) is 60.4 Å². The summed E-state index contributed by atoms with van der Waals surface area (Å²) in [5.41, 5.74) is 0.